The number of benzene rings is 1. The van der Waals surface area contributed by atoms with E-state index < -0.39 is 17.9 Å². The third kappa shape index (κ3) is 3.88. The summed E-state index contributed by atoms with van der Waals surface area (Å²) in [7, 11) is 0. The highest BCUT2D eigenvalue weighted by molar-refractivity contribution is 5.84. The third-order valence-corrected chi connectivity index (χ3v) is 2.34. The lowest BCUT2D eigenvalue weighted by molar-refractivity contribution is -0.141. The molecule has 4 N–H and O–H groups in total. The van der Waals surface area contributed by atoms with Gasteiger partial charge >= 0.3 is 5.97 Å². The molecule has 0 aliphatic rings. The molecule has 1 atom stereocenters. The van der Waals surface area contributed by atoms with Crippen LogP contribution in [0.1, 0.15) is 11.1 Å². The first-order valence-corrected chi connectivity index (χ1v) is 5.28. The first-order chi connectivity index (χ1) is 8.56. The Morgan fingerprint density at radius 2 is 2.00 bits per heavy atom. The number of aliphatic carboxylic acids is 1. The fourth-order valence-electron chi connectivity index (χ4n) is 1.40. The summed E-state index contributed by atoms with van der Waals surface area (Å²) in [6.07, 6.45) is 0.146. The molecule has 6 heteroatoms. The van der Waals surface area contributed by atoms with Crippen LogP contribution in [-0.2, 0) is 16.0 Å². The highest BCUT2D eigenvalue weighted by atomic mass is 16.4. The quantitative estimate of drug-likeness (QED) is 0.656. The van der Waals surface area contributed by atoms with Crippen LogP contribution in [0.15, 0.2) is 24.3 Å². The van der Waals surface area contributed by atoms with Crippen LogP contribution in [0.2, 0.25) is 0 Å². The Balaban J connectivity index is 2.74. The van der Waals surface area contributed by atoms with Gasteiger partial charge in [0.1, 0.15) is 6.04 Å². The van der Waals surface area contributed by atoms with Crippen LogP contribution in [0.25, 0.3) is 0 Å². The van der Waals surface area contributed by atoms with E-state index in [1.807, 2.05) is 6.07 Å². The van der Waals surface area contributed by atoms with Gasteiger partial charge in [0, 0.05) is 6.42 Å². The first-order valence-electron chi connectivity index (χ1n) is 5.28. The predicted octanol–water partition coefficient (Wildman–Crippen LogP) is -0.371. The smallest absolute Gasteiger partial charge is 0.326 e. The largest absolute Gasteiger partial charge is 0.480 e. The van der Waals surface area contributed by atoms with E-state index in [0.29, 0.717) is 5.56 Å². The number of carboxylic acid groups (broad SMARTS) is 1. The first kappa shape index (κ1) is 13.7. The zero-order valence-corrected chi connectivity index (χ0v) is 9.59. The molecular formula is C12H13N3O3. The van der Waals surface area contributed by atoms with Crippen molar-refractivity contribution in [3.8, 4) is 6.07 Å². The standard InChI is InChI=1S/C12H13N3O3/c13-6-9-3-1-8(2-4-9)5-10(12(17)18)15-11(16)7-14/h1-4,10H,5,7,14H2,(H,15,16)(H,17,18)/t10-/m1/s1. The van der Waals surface area contributed by atoms with E-state index in [1.54, 1.807) is 24.3 Å². The molecule has 0 aliphatic heterocycles. The van der Waals surface area contributed by atoms with Gasteiger partial charge in [0.05, 0.1) is 18.2 Å². The van der Waals surface area contributed by atoms with Crippen LogP contribution < -0.4 is 11.1 Å². The molecule has 0 saturated heterocycles. The summed E-state index contributed by atoms with van der Waals surface area (Å²) >= 11 is 0. The molecule has 0 saturated carbocycles. The van der Waals surface area contributed by atoms with E-state index in [-0.39, 0.29) is 13.0 Å². The summed E-state index contributed by atoms with van der Waals surface area (Å²) < 4.78 is 0. The lowest BCUT2D eigenvalue weighted by Gasteiger charge is -2.13. The van der Waals surface area contributed by atoms with Crippen LogP contribution >= 0.6 is 0 Å². The van der Waals surface area contributed by atoms with Gasteiger partial charge in [0.15, 0.2) is 0 Å². The summed E-state index contributed by atoms with van der Waals surface area (Å²) in [5, 5.41) is 19.9. The molecule has 0 fully saturated rings. The molecule has 0 spiro atoms. The van der Waals surface area contributed by atoms with Crippen molar-refractivity contribution in [2.75, 3.05) is 6.54 Å². The van der Waals surface area contributed by atoms with Crippen molar-refractivity contribution in [3.63, 3.8) is 0 Å². The number of carboxylic acids is 1. The number of nitrogens with two attached hydrogens (primary N) is 1. The van der Waals surface area contributed by atoms with E-state index >= 15 is 0 Å². The molecule has 0 radical (unpaired) electrons. The summed E-state index contributed by atoms with van der Waals surface area (Å²) in [5.74, 6) is -1.64. The lowest BCUT2D eigenvalue weighted by atomic mass is 10.0. The Labute approximate surface area is 104 Å². The molecule has 0 aromatic heterocycles. The molecule has 0 aliphatic carbocycles. The monoisotopic (exact) mass is 247 g/mol. The third-order valence-electron chi connectivity index (χ3n) is 2.34. The summed E-state index contributed by atoms with van der Waals surface area (Å²) in [4.78, 5) is 22.0. The van der Waals surface area contributed by atoms with Crippen molar-refractivity contribution >= 4 is 11.9 Å². The maximum atomic E-state index is 11.1. The Hall–Kier alpha value is -2.39. The fraction of sp³-hybridized carbons (Fsp3) is 0.250. The van der Waals surface area contributed by atoms with Gasteiger partial charge in [0.2, 0.25) is 5.91 Å². The number of nitrogens with one attached hydrogen (secondary N) is 1. The van der Waals surface area contributed by atoms with E-state index in [2.05, 4.69) is 5.32 Å². The van der Waals surface area contributed by atoms with E-state index in [4.69, 9.17) is 16.1 Å². The van der Waals surface area contributed by atoms with E-state index in [1.165, 1.54) is 0 Å². The molecular weight excluding hydrogens is 234 g/mol. The van der Waals surface area contributed by atoms with Gasteiger partial charge in [-0.25, -0.2) is 4.79 Å². The minimum Gasteiger partial charge on any atom is -0.480 e. The molecule has 0 unspecified atom stereocenters. The van der Waals surface area contributed by atoms with Gasteiger partial charge in [0.25, 0.3) is 0 Å². The van der Waals surface area contributed by atoms with Crippen molar-refractivity contribution in [1.29, 1.82) is 5.26 Å². The van der Waals surface area contributed by atoms with E-state index in [0.717, 1.165) is 5.56 Å². The second kappa shape index (κ2) is 6.37. The Kier molecular flexibility index (Phi) is 4.84. The van der Waals surface area contributed by atoms with Crippen LogP contribution in [-0.4, -0.2) is 29.6 Å². The Morgan fingerprint density at radius 1 is 1.39 bits per heavy atom. The summed E-state index contributed by atoms with van der Waals surface area (Å²) in [6.45, 7) is -0.253. The predicted molar refractivity (Wildman–Crippen MR) is 63.5 cm³/mol. The molecule has 0 heterocycles. The molecule has 0 bridgehead atoms. The minimum atomic E-state index is -1.12. The van der Waals surface area contributed by atoms with Crippen molar-refractivity contribution in [2.45, 2.75) is 12.5 Å². The number of hydrogen-bond acceptors (Lipinski definition) is 4. The van der Waals surface area contributed by atoms with Crippen molar-refractivity contribution in [3.05, 3.63) is 35.4 Å². The fourth-order valence-corrected chi connectivity index (χ4v) is 1.40. The van der Waals surface area contributed by atoms with Gasteiger partial charge in [-0.2, -0.15) is 5.26 Å². The molecule has 1 amide bonds. The minimum absolute atomic E-state index is 0.146. The average molecular weight is 247 g/mol. The maximum Gasteiger partial charge on any atom is 0.326 e. The number of amides is 1. The van der Waals surface area contributed by atoms with Crippen LogP contribution in [0.3, 0.4) is 0 Å². The summed E-state index contributed by atoms with van der Waals surface area (Å²) in [6, 6.07) is 7.45. The molecule has 18 heavy (non-hydrogen) atoms. The van der Waals surface area contributed by atoms with Crippen LogP contribution in [0.4, 0.5) is 0 Å². The Morgan fingerprint density at radius 3 is 2.44 bits per heavy atom. The Bertz CT molecular complexity index is 476. The summed E-state index contributed by atoms with van der Waals surface area (Å²) in [5.41, 5.74) is 6.33. The van der Waals surface area contributed by atoms with E-state index in [9.17, 15) is 9.59 Å². The zero-order chi connectivity index (χ0) is 13.5. The molecule has 6 nitrogen and oxygen atoms in total. The van der Waals surface area contributed by atoms with Gasteiger partial charge < -0.3 is 16.2 Å². The molecule has 1 aromatic rings. The van der Waals surface area contributed by atoms with Crippen molar-refractivity contribution in [1.82, 2.24) is 5.32 Å². The van der Waals surface area contributed by atoms with Crippen LogP contribution in [0.5, 0.6) is 0 Å². The van der Waals surface area contributed by atoms with Gasteiger partial charge in [-0.05, 0) is 17.7 Å². The van der Waals surface area contributed by atoms with Gasteiger partial charge in [-0.1, -0.05) is 12.1 Å². The number of carbonyl (C=O) groups is 2. The number of hydrogen-bond donors (Lipinski definition) is 3. The number of nitrogens with zero attached hydrogens (tertiary/aromatic N) is 1. The molecule has 94 valence electrons. The second-order valence-corrected chi connectivity index (χ2v) is 3.68. The SMILES string of the molecule is N#Cc1ccc(C[C@@H](NC(=O)CN)C(=O)O)cc1. The highest BCUT2D eigenvalue weighted by Gasteiger charge is 2.19. The average Bonchev–Trinajstić information content (AvgIpc) is 2.38. The zero-order valence-electron chi connectivity index (χ0n) is 9.59. The number of rotatable bonds is 5. The molecule has 1 aromatic carbocycles. The van der Waals surface area contributed by atoms with Gasteiger partial charge in [-0.15, -0.1) is 0 Å². The lowest BCUT2D eigenvalue weighted by Crippen LogP contribution is -2.44. The molecule has 1 rings (SSSR count). The van der Waals surface area contributed by atoms with Gasteiger partial charge in [-0.3, -0.25) is 4.79 Å². The van der Waals surface area contributed by atoms with Crippen LogP contribution in [0, 0.1) is 11.3 Å². The number of nitriles is 1. The van der Waals surface area contributed by atoms with Crippen molar-refractivity contribution < 1.29 is 14.7 Å². The topological polar surface area (TPSA) is 116 Å². The maximum absolute atomic E-state index is 11.1. The number of carbonyl (C=O) groups excluding carboxylic acids is 1. The van der Waals surface area contributed by atoms with Crippen molar-refractivity contribution in [2.24, 2.45) is 5.73 Å². The normalized spacial score (nSPS) is 11.3. The second-order valence-electron chi connectivity index (χ2n) is 3.68. The highest BCUT2D eigenvalue weighted by Crippen LogP contribution is 2.06.